The predicted molar refractivity (Wildman–Crippen MR) is 132 cm³/mol. The molecule has 3 amide bonds. The quantitative estimate of drug-likeness (QED) is 0.392. The maximum atomic E-state index is 13.9. The van der Waals surface area contributed by atoms with Crippen LogP contribution in [0.2, 0.25) is 0 Å². The fraction of sp³-hybridized carbons (Fsp3) is 0.179. The van der Waals surface area contributed by atoms with Crippen LogP contribution in [0.5, 0.6) is 0 Å². The van der Waals surface area contributed by atoms with Crippen molar-refractivity contribution in [3.63, 3.8) is 0 Å². The third kappa shape index (κ3) is 2.67. The van der Waals surface area contributed by atoms with E-state index in [1.54, 1.807) is 6.07 Å². The van der Waals surface area contributed by atoms with E-state index >= 15 is 0 Å². The van der Waals surface area contributed by atoms with Gasteiger partial charge in [0.2, 0.25) is 17.7 Å². The number of hydrogen-bond acceptors (Lipinski definition) is 4. The van der Waals surface area contributed by atoms with E-state index in [1.807, 2.05) is 48.7 Å². The standard InChI is InChI=1S/C28H21FN4O3/c29-16-9-11-17(12-10-16)33-25(34)23-22(13-15-14-30-20-7-3-1-5-18(15)20)32-28(24(23)26(33)35)19-6-2-4-8-21(19)31-27(28)36/h1-12,14,22-24,30,32H,13H2,(H,31,36)/t22?,23-,24+,28?/m1/s1. The van der Waals surface area contributed by atoms with Crippen LogP contribution in [0, 0.1) is 17.7 Å². The van der Waals surface area contributed by atoms with Gasteiger partial charge in [-0.05, 0) is 48.4 Å². The molecular formula is C28H21FN4O3. The molecule has 8 heteroatoms. The predicted octanol–water partition coefficient (Wildman–Crippen LogP) is 3.47. The van der Waals surface area contributed by atoms with Crippen LogP contribution in [0.25, 0.3) is 10.9 Å². The third-order valence-electron chi connectivity index (χ3n) is 7.82. The second kappa shape index (κ2) is 7.35. The van der Waals surface area contributed by atoms with Crippen LogP contribution in [0.4, 0.5) is 15.8 Å². The zero-order chi connectivity index (χ0) is 24.6. The molecular weight excluding hydrogens is 459 g/mol. The van der Waals surface area contributed by atoms with E-state index in [0.29, 0.717) is 23.4 Å². The molecule has 2 saturated heterocycles. The van der Waals surface area contributed by atoms with Crippen molar-refractivity contribution in [2.24, 2.45) is 11.8 Å². The Labute approximate surface area is 205 Å². The van der Waals surface area contributed by atoms with Crippen LogP contribution < -0.4 is 15.5 Å². The number of amides is 3. The summed E-state index contributed by atoms with van der Waals surface area (Å²) in [6, 6.07) is 19.9. The van der Waals surface area contributed by atoms with E-state index < -0.39 is 35.1 Å². The van der Waals surface area contributed by atoms with E-state index in [2.05, 4.69) is 15.6 Å². The number of fused-ring (bicyclic) bond motifs is 5. The Morgan fingerprint density at radius 1 is 0.889 bits per heavy atom. The summed E-state index contributed by atoms with van der Waals surface area (Å²) in [6.07, 6.45) is 2.35. The molecule has 0 aliphatic carbocycles. The summed E-state index contributed by atoms with van der Waals surface area (Å²) in [6.45, 7) is 0. The Bertz CT molecular complexity index is 1580. The minimum atomic E-state index is -1.38. The minimum Gasteiger partial charge on any atom is -0.361 e. The lowest BCUT2D eigenvalue weighted by Gasteiger charge is -2.29. The Hall–Kier alpha value is -4.30. The number of carbonyl (C=O) groups is 3. The SMILES string of the molecule is O=C1[C@@H]2C(Cc3c[nH]c4ccccc34)NC3(C(=O)Nc4ccccc43)[C@@H]2C(=O)N1c1ccc(F)cc1. The lowest BCUT2D eigenvalue weighted by atomic mass is 9.76. The normalized spacial score (nSPS) is 26.6. The minimum absolute atomic E-state index is 0.300. The second-order valence-corrected chi connectivity index (χ2v) is 9.61. The van der Waals surface area contributed by atoms with Crippen LogP contribution in [0.3, 0.4) is 0 Å². The third-order valence-corrected chi connectivity index (χ3v) is 7.82. The van der Waals surface area contributed by atoms with Gasteiger partial charge in [-0.1, -0.05) is 36.4 Å². The fourth-order valence-electron chi connectivity index (χ4n) is 6.32. The van der Waals surface area contributed by atoms with E-state index in [0.717, 1.165) is 21.4 Å². The number of aromatic amines is 1. The van der Waals surface area contributed by atoms with Crippen LogP contribution in [0.15, 0.2) is 79.0 Å². The number of hydrogen-bond donors (Lipinski definition) is 3. The van der Waals surface area contributed by atoms with Crippen LogP contribution in [0.1, 0.15) is 11.1 Å². The van der Waals surface area contributed by atoms with Crippen LogP contribution >= 0.6 is 0 Å². The summed E-state index contributed by atoms with van der Waals surface area (Å²) in [5.74, 6) is -3.36. The summed E-state index contributed by atoms with van der Waals surface area (Å²) in [4.78, 5) is 45.8. The number of nitrogens with one attached hydrogen (secondary N) is 3. The molecule has 0 radical (unpaired) electrons. The molecule has 7 nitrogen and oxygen atoms in total. The molecule has 3 aliphatic heterocycles. The number of carbonyl (C=O) groups excluding carboxylic acids is 3. The first kappa shape index (κ1) is 21.0. The molecule has 3 aromatic carbocycles. The smallest absolute Gasteiger partial charge is 0.250 e. The van der Waals surface area contributed by atoms with Crippen molar-refractivity contribution >= 4 is 40.0 Å². The number of benzene rings is 3. The molecule has 4 atom stereocenters. The van der Waals surface area contributed by atoms with E-state index in [-0.39, 0.29) is 11.8 Å². The highest BCUT2D eigenvalue weighted by atomic mass is 19.1. The molecule has 1 aromatic heterocycles. The fourth-order valence-corrected chi connectivity index (χ4v) is 6.32. The second-order valence-electron chi connectivity index (χ2n) is 9.61. The average Bonchev–Trinajstić information content (AvgIpc) is 3.59. The lowest BCUT2D eigenvalue weighted by molar-refractivity contribution is -0.130. The number of para-hydroxylation sites is 2. The monoisotopic (exact) mass is 480 g/mol. The summed E-state index contributed by atoms with van der Waals surface area (Å²) >= 11 is 0. The molecule has 4 heterocycles. The van der Waals surface area contributed by atoms with Crippen LogP contribution in [-0.4, -0.2) is 28.7 Å². The Balaban J connectivity index is 1.37. The van der Waals surface area contributed by atoms with Gasteiger partial charge < -0.3 is 10.3 Å². The Morgan fingerprint density at radius 2 is 1.64 bits per heavy atom. The van der Waals surface area contributed by atoms with Crippen molar-refractivity contribution in [3.8, 4) is 0 Å². The summed E-state index contributed by atoms with van der Waals surface area (Å²) in [5.41, 5.74) is 2.18. The molecule has 7 rings (SSSR count). The Kier molecular flexibility index (Phi) is 4.29. The van der Waals surface area contributed by atoms with Gasteiger partial charge >= 0.3 is 0 Å². The summed E-state index contributed by atoms with van der Waals surface area (Å²) in [5, 5.41) is 7.40. The first-order chi connectivity index (χ1) is 17.5. The Morgan fingerprint density at radius 3 is 2.47 bits per heavy atom. The summed E-state index contributed by atoms with van der Waals surface area (Å²) in [7, 11) is 0. The number of halogens is 1. The highest BCUT2D eigenvalue weighted by Crippen LogP contribution is 2.54. The zero-order valence-electron chi connectivity index (χ0n) is 19.0. The van der Waals surface area contributed by atoms with Gasteiger partial charge in [0.1, 0.15) is 11.4 Å². The van der Waals surface area contributed by atoms with E-state index in [9.17, 15) is 18.8 Å². The molecule has 0 bridgehead atoms. The van der Waals surface area contributed by atoms with Gasteiger partial charge in [-0.3, -0.25) is 19.7 Å². The summed E-state index contributed by atoms with van der Waals surface area (Å²) < 4.78 is 13.6. The number of anilines is 2. The largest absolute Gasteiger partial charge is 0.361 e. The highest BCUT2D eigenvalue weighted by molar-refractivity contribution is 6.25. The van der Waals surface area contributed by atoms with Crippen molar-refractivity contribution in [1.29, 1.82) is 0 Å². The van der Waals surface area contributed by atoms with Crippen molar-refractivity contribution in [3.05, 3.63) is 95.9 Å². The first-order valence-corrected chi connectivity index (χ1v) is 11.9. The van der Waals surface area contributed by atoms with Gasteiger partial charge in [0.25, 0.3) is 0 Å². The molecule has 2 fully saturated rings. The molecule has 3 N–H and O–H groups in total. The van der Waals surface area contributed by atoms with E-state index in [1.165, 1.54) is 24.3 Å². The maximum absolute atomic E-state index is 13.9. The van der Waals surface area contributed by atoms with Crippen molar-refractivity contribution in [2.45, 2.75) is 18.0 Å². The zero-order valence-corrected chi connectivity index (χ0v) is 19.0. The molecule has 1 spiro atoms. The number of imide groups is 1. The molecule has 36 heavy (non-hydrogen) atoms. The average molecular weight is 480 g/mol. The molecule has 178 valence electrons. The lowest BCUT2D eigenvalue weighted by Crippen LogP contribution is -2.53. The number of nitrogens with zero attached hydrogens (tertiary/aromatic N) is 1. The van der Waals surface area contributed by atoms with Gasteiger partial charge in [-0.25, -0.2) is 9.29 Å². The number of H-pyrrole nitrogens is 1. The van der Waals surface area contributed by atoms with E-state index in [4.69, 9.17) is 0 Å². The molecule has 2 unspecified atom stereocenters. The number of aromatic nitrogens is 1. The molecule has 4 aromatic rings. The van der Waals surface area contributed by atoms with Crippen LogP contribution in [-0.2, 0) is 26.3 Å². The van der Waals surface area contributed by atoms with Crippen molar-refractivity contribution in [2.75, 3.05) is 10.2 Å². The topological polar surface area (TPSA) is 94.3 Å². The van der Waals surface area contributed by atoms with Gasteiger partial charge in [-0.15, -0.1) is 0 Å². The number of rotatable bonds is 3. The van der Waals surface area contributed by atoms with Crippen molar-refractivity contribution in [1.82, 2.24) is 10.3 Å². The molecule has 0 saturated carbocycles. The maximum Gasteiger partial charge on any atom is 0.250 e. The van der Waals surface area contributed by atoms with Gasteiger partial charge in [0.05, 0.1) is 17.5 Å². The van der Waals surface area contributed by atoms with Gasteiger partial charge in [-0.2, -0.15) is 0 Å². The van der Waals surface area contributed by atoms with Crippen molar-refractivity contribution < 1.29 is 18.8 Å². The van der Waals surface area contributed by atoms with Gasteiger partial charge in [0, 0.05) is 34.4 Å². The van der Waals surface area contributed by atoms with Gasteiger partial charge in [0.15, 0.2) is 0 Å². The first-order valence-electron chi connectivity index (χ1n) is 11.9. The highest BCUT2D eigenvalue weighted by Gasteiger charge is 2.70. The molecule has 3 aliphatic rings.